The zero-order valence-corrected chi connectivity index (χ0v) is 26.6. The van der Waals surface area contributed by atoms with Crippen LogP contribution in [0.25, 0.3) is 11.1 Å². The summed E-state index contributed by atoms with van der Waals surface area (Å²) in [6.45, 7) is 1.01. The minimum Gasteiger partial charge on any atom is -0.356 e. The first-order chi connectivity index (χ1) is 22.7. The number of alkyl halides is 3. The molecule has 3 N–H and O–H groups in total. The van der Waals surface area contributed by atoms with Crippen LogP contribution in [0.2, 0.25) is 0 Å². The lowest BCUT2D eigenvalue weighted by molar-refractivity contribution is -0.141. The summed E-state index contributed by atoms with van der Waals surface area (Å²) < 4.78 is 39.3. The van der Waals surface area contributed by atoms with E-state index < -0.39 is 24.0 Å². The summed E-state index contributed by atoms with van der Waals surface area (Å²) in [5.74, 6) is -0.796. The fourth-order valence-electron chi connectivity index (χ4n) is 6.99. The Morgan fingerprint density at radius 2 is 1.40 bits per heavy atom. The van der Waals surface area contributed by atoms with Crippen LogP contribution < -0.4 is 16.0 Å². The van der Waals surface area contributed by atoms with Crippen LogP contribution in [0.3, 0.4) is 0 Å². The Balaban J connectivity index is 1.08. The second-order valence-corrected chi connectivity index (χ2v) is 12.5. The van der Waals surface area contributed by atoms with E-state index in [4.69, 9.17) is 0 Å². The van der Waals surface area contributed by atoms with Crippen LogP contribution >= 0.6 is 0 Å². The number of rotatable bonds is 14. The largest absolute Gasteiger partial charge is 0.405 e. The molecule has 47 heavy (non-hydrogen) atoms. The number of amides is 3. The number of hydrogen-bond acceptors (Lipinski definition) is 4. The zero-order valence-electron chi connectivity index (χ0n) is 26.6. The number of nitrogens with zero attached hydrogens (tertiary/aromatic N) is 1. The number of nitrogens with one attached hydrogen (secondary N) is 3. The minimum absolute atomic E-state index is 0.00398. The van der Waals surface area contributed by atoms with E-state index in [1.165, 1.54) is 5.56 Å². The van der Waals surface area contributed by atoms with Crippen LogP contribution in [0.4, 0.5) is 13.2 Å². The van der Waals surface area contributed by atoms with Gasteiger partial charge in [-0.3, -0.25) is 19.3 Å². The van der Waals surface area contributed by atoms with Crippen LogP contribution in [0.15, 0.2) is 78.9 Å². The lowest BCUT2D eigenvalue weighted by Crippen LogP contribution is -2.49. The van der Waals surface area contributed by atoms with Crippen molar-refractivity contribution < 1.29 is 27.6 Å². The highest BCUT2D eigenvalue weighted by Crippen LogP contribution is 2.51. The minimum atomic E-state index is -4.53. The van der Waals surface area contributed by atoms with Gasteiger partial charge in [0.15, 0.2) is 0 Å². The smallest absolute Gasteiger partial charge is 0.356 e. The van der Waals surface area contributed by atoms with Crippen molar-refractivity contribution in [2.75, 3.05) is 26.2 Å². The third-order valence-corrected chi connectivity index (χ3v) is 9.23. The molecule has 0 saturated carbocycles. The van der Waals surface area contributed by atoms with E-state index in [0.717, 1.165) is 43.5 Å². The quantitative estimate of drug-likeness (QED) is 0.191. The Bertz CT molecular complexity index is 1480. The van der Waals surface area contributed by atoms with Gasteiger partial charge in [0.05, 0.1) is 6.04 Å². The zero-order chi connectivity index (χ0) is 33.3. The van der Waals surface area contributed by atoms with E-state index in [1.54, 1.807) is 12.1 Å². The van der Waals surface area contributed by atoms with Crippen molar-refractivity contribution in [3.05, 3.63) is 95.6 Å². The number of carbonyl (C=O) groups is 3. The monoisotopic (exact) mass is 648 g/mol. The highest BCUT2D eigenvalue weighted by Gasteiger charge is 2.49. The molecule has 1 aliphatic heterocycles. The molecule has 0 bridgehead atoms. The number of fused-ring (bicyclic) bond motifs is 3. The van der Waals surface area contributed by atoms with Gasteiger partial charge in [-0.05, 0) is 72.9 Å². The van der Waals surface area contributed by atoms with Gasteiger partial charge in [0, 0.05) is 26.1 Å². The van der Waals surface area contributed by atoms with Gasteiger partial charge in [0.1, 0.15) is 12.0 Å². The van der Waals surface area contributed by atoms with Gasteiger partial charge < -0.3 is 16.0 Å². The molecule has 10 heteroatoms. The Kier molecular flexibility index (Phi) is 11.3. The predicted octanol–water partition coefficient (Wildman–Crippen LogP) is 5.87. The van der Waals surface area contributed by atoms with Gasteiger partial charge in [-0.2, -0.15) is 13.2 Å². The molecule has 1 unspecified atom stereocenters. The molecule has 1 fully saturated rings. The summed E-state index contributed by atoms with van der Waals surface area (Å²) in [4.78, 5) is 41.3. The summed E-state index contributed by atoms with van der Waals surface area (Å²) in [6.07, 6.45) is 0.534. The molecule has 2 aliphatic rings. The summed E-state index contributed by atoms with van der Waals surface area (Å²) >= 11 is 0. The van der Waals surface area contributed by atoms with Crippen molar-refractivity contribution in [1.29, 1.82) is 0 Å². The maximum atomic E-state index is 13.6. The highest BCUT2D eigenvalue weighted by atomic mass is 19.4. The van der Waals surface area contributed by atoms with Crippen molar-refractivity contribution in [1.82, 2.24) is 20.9 Å². The molecule has 0 radical (unpaired) electrons. The van der Waals surface area contributed by atoms with Crippen LogP contribution in [0, 0.1) is 0 Å². The summed E-state index contributed by atoms with van der Waals surface area (Å²) in [6, 6.07) is 24.7. The first-order valence-corrected chi connectivity index (χ1v) is 16.6. The van der Waals surface area contributed by atoms with E-state index in [9.17, 15) is 27.6 Å². The maximum absolute atomic E-state index is 13.6. The van der Waals surface area contributed by atoms with E-state index in [1.807, 2.05) is 54.6 Å². The molecule has 1 aliphatic carbocycles. The number of unbranched alkanes of at least 4 members (excludes halogenated alkanes) is 1. The van der Waals surface area contributed by atoms with Crippen molar-refractivity contribution in [2.45, 2.75) is 75.5 Å². The number of halogens is 3. The van der Waals surface area contributed by atoms with Crippen LogP contribution in [0.1, 0.15) is 68.1 Å². The highest BCUT2D eigenvalue weighted by molar-refractivity contribution is 6.00. The Hall–Kier alpha value is -4.18. The number of likely N-dealkylation sites (tertiary alicyclic amines) is 1. The van der Waals surface area contributed by atoms with Crippen molar-refractivity contribution in [3.63, 3.8) is 0 Å². The third-order valence-electron chi connectivity index (χ3n) is 9.23. The third kappa shape index (κ3) is 8.41. The molecule has 1 atom stereocenters. The molecule has 3 amide bonds. The Morgan fingerprint density at radius 1 is 0.766 bits per heavy atom. The molecule has 3 aromatic rings. The number of benzene rings is 3. The van der Waals surface area contributed by atoms with Gasteiger partial charge in [0.2, 0.25) is 17.7 Å². The predicted molar refractivity (Wildman–Crippen MR) is 175 cm³/mol. The molecule has 250 valence electrons. The van der Waals surface area contributed by atoms with Gasteiger partial charge in [0.25, 0.3) is 0 Å². The van der Waals surface area contributed by atoms with Crippen LogP contribution in [-0.4, -0.2) is 61.0 Å². The van der Waals surface area contributed by atoms with Gasteiger partial charge >= 0.3 is 6.18 Å². The SMILES string of the molecule is O=C(CCCNC(=O)C1CCCCN1Cc1ccccc1)NCCCCC1(C(=O)NCC(F)(F)F)c2ccccc2-c2ccccc21. The van der Waals surface area contributed by atoms with E-state index in [-0.39, 0.29) is 24.3 Å². The number of piperidine rings is 1. The Labute approximate surface area is 274 Å². The van der Waals surface area contributed by atoms with Gasteiger partial charge in [-0.15, -0.1) is 0 Å². The number of carbonyl (C=O) groups excluding carboxylic acids is 3. The first kappa shape index (κ1) is 34.2. The molecule has 3 aromatic carbocycles. The molecule has 0 aromatic heterocycles. The Morgan fingerprint density at radius 3 is 2.09 bits per heavy atom. The lowest BCUT2D eigenvalue weighted by Gasteiger charge is -2.34. The number of hydrogen-bond donors (Lipinski definition) is 3. The fourth-order valence-corrected chi connectivity index (χ4v) is 6.99. The average molecular weight is 649 g/mol. The fraction of sp³-hybridized carbons (Fsp3) is 0.432. The molecule has 7 nitrogen and oxygen atoms in total. The van der Waals surface area contributed by atoms with E-state index >= 15 is 0 Å². The van der Waals surface area contributed by atoms with Gasteiger partial charge in [-0.1, -0.05) is 85.3 Å². The van der Waals surface area contributed by atoms with Crippen LogP contribution in [-0.2, 0) is 26.3 Å². The summed E-state index contributed by atoms with van der Waals surface area (Å²) in [5, 5.41) is 8.07. The average Bonchev–Trinajstić information content (AvgIpc) is 3.36. The molecule has 5 rings (SSSR count). The summed E-state index contributed by atoms with van der Waals surface area (Å²) in [5.41, 5.74) is 3.01. The van der Waals surface area contributed by atoms with Crippen molar-refractivity contribution in [3.8, 4) is 11.1 Å². The molecule has 0 spiro atoms. The normalized spacial score (nSPS) is 17.0. The standard InChI is InChI=1S/C37H43F3N4O3/c38-37(39,40)26-43-35(47)36(30-17-6-4-15-28(30)29-16-5-7-18-31(29)36)21-9-10-22-41-33(45)20-12-23-42-34(46)32-19-8-11-24-44(32)25-27-13-2-1-3-14-27/h1-7,13-18,32H,8-12,19-26H2,(H,41,45)(H,42,46)(H,43,47). The van der Waals surface area contributed by atoms with Crippen molar-refractivity contribution in [2.24, 2.45) is 0 Å². The molecule has 1 heterocycles. The van der Waals surface area contributed by atoms with Crippen LogP contribution in [0.5, 0.6) is 0 Å². The summed E-state index contributed by atoms with van der Waals surface area (Å²) in [7, 11) is 0. The molecular weight excluding hydrogens is 605 g/mol. The van der Waals surface area contributed by atoms with E-state index in [2.05, 4.69) is 33.0 Å². The van der Waals surface area contributed by atoms with Crippen molar-refractivity contribution >= 4 is 17.7 Å². The van der Waals surface area contributed by atoms with E-state index in [0.29, 0.717) is 49.9 Å². The molecular formula is C37H43F3N4O3. The maximum Gasteiger partial charge on any atom is 0.405 e. The first-order valence-electron chi connectivity index (χ1n) is 16.6. The lowest BCUT2D eigenvalue weighted by atomic mass is 9.73. The second-order valence-electron chi connectivity index (χ2n) is 12.5. The molecule has 1 saturated heterocycles. The second kappa shape index (κ2) is 15.6. The van der Waals surface area contributed by atoms with Gasteiger partial charge in [-0.25, -0.2) is 0 Å². The topological polar surface area (TPSA) is 90.5 Å².